The Morgan fingerprint density at radius 3 is 2.80 bits per heavy atom. The van der Waals surface area contributed by atoms with Crippen molar-refractivity contribution in [2.75, 3.05) is 0 Å². The smallest absolute Gasteiger partial charge is 0.0383 e. The molecule has 0 N–H and O–H groups in total. The first kappa shape index (κ1) is 8.10. The third kappa shape index (κ3) is 2.00. The highest BCUT2D eigenvalue weighted by molar-refractivity contribution is 4.79. The van der Waals surface area contributed by atoms with Gasteiger partial charge in [-0.3, -0.25) is 0 Å². The van der Waals surface area contributed by atoms with Crippen LogP contribution in [0.3, 0.4) is 0 Å². The molecular weight excluding hydrogens is 120 g/mol. The van der Waals surface area contributed by atoms with E-state index in [-0.39, 0.29) is 0 Å². The van der Waals surface area contributed by atoms with E-state index >= 15 is 0 Å². The highest BCUT2D eigenvalue weighted by Crippen LogP contribution is 2.31. The molecule has 0 aromatic rings. The van der Waals surface area contributed by atoms with Crippen LogP contribution in [-0.2, 0) is 0 Å². The molecule has 0 heteroatoms. The second kappa shape index (κ2) is 4.00. The SMILES string of the molecule is C[CH]C1CCCC(CC)C1. The highest BCUT2D eigenvalue weighted by Gasteiger charge is 2.18. The summed E-state index contributed by atoms with van der Waals surface area (Å²) in [4.78, 5) is 0. The molecule has 1 radical (unpaired) electrons. The van der Waals surface area contributed by atoms with Crippen LogP contribution in [0.25, 0.3) is 0 Å². The van der Waals surface area contributed by atoms with Gasteiger partial charge in [0.15, 0.2) is 0 Å². The van der Waals surface area contributed by atoms with E-state index in [1.165, 1.54) is 32.1 Å². The summed E-state index contributed by atoms with van der Waals surface area (Å²) in [6.07, 6.45) is 9.65. The first-order valence-corrected chi connectivity index (χ1v) is 4.66. The molecule has 0 spiro atoms. The van der Waals surface area contributed by atoms with Crippen LogP contribution in [0, 0.1) is 18.3 Å². The molecule has 1 aliphatic rings. The fourth-order valence-electron chi connectivity index (χ4n) is 2.01. The fourth-order valence-corrected chi connectivity index (χ4v) is 2.01. The molecule has 0 aromatic carbocycles. The van der Waals surface area contributed by atoms with Crippen molar-refractivity contribution in [3.05, 3.63) is 6.42 Å². The quantitative estimate of drug-likeness (QED) is 0.550. The van der Waals surface area contributed by atoms with Crippen LogP contribution >= 0.6 is 0 Å². The minimum atomic E-state index is 0.943. The fraction of sp³-hybridized carbons (Fsp3) is 0.900. The van der Waals surface area contributed by atoms with Gasteiger partial charge in [0.1, 0.15) is 0 Å². The summed E-state index contributed by atoms with van der Waals surface area (Å²) in [7, 11) is 0. The maximum Gasteiger partial charge on any atom is -0.0383 e. The molecule has 1 fully saturated rings. The summed E-state index contributed by atoms with van der Waals surface area (Å²) in [5.74, 6) is 1.98. The van der Waals surface area contributed by atoms with E-state index in [1.807, 2.05) is 0 Å². The average Bonchev–Trinajstić information content (AvgIpc) is 2.05. The molecule has 0 aliphatic heterocycles. The lowest BCUT2D eigenvalue weighted by Crippen LogP contribution is -2.14. The van der Waals surface area contributed by atoms with Gasteiger partial charge < -0.3 is 0 Å². The van der Waals surface area contributed by atoms with Crippen molar-refractivity contribution in [3.63, 3.8) is 0 Å². The molecule has 59 valence electrons. The zero-order valence-corrected chi connectivity index (χ0v) is 7.27. The Balaban J connectivity index is 2.25. The molecule has 0 aromatic heterocycles. The Morgan fingerprint density at radius 1 is 1.40 bits per heavy atom. The van der Waals surface area contributed by atoms with Crippen LogP contribution in [0.5, 0.6) is 0 Å². The maximum absolute atomic E-state index is 2.39. The molecule has 2 unspecified atom stereocenters. The summed E-state index contributed by atoms with van der Waals surface area (Å²) in [6, 6.07) is 0. The van der Waals surface area contributed by atoms with E-state index in [1.54, 1.807) is 0 Å². The zero-order valence-electron chi connectivity index (χ0n) is 7.27. The van der Waals surface area contributed by atoms with Gasteiger partial charge >= 0.3 is 0 Å². The van der Waals surface area contributed by atoms with Gasteiger partial charge in [-0.25, -0.2) is 0 Å². The summed E-state index contributed by atoms with van der Waals surface area (Å²) in [6.45, 7) is 4.53. The number of hydrogen-bond acceptors (Lipinski definition) is 0. The van der Waals surface area contributed by atoms with E-state index in [0.717, 1.165) is 11.8 Å². The molecule has 0 heterocycles. The van der Waals surface area contributed by atoms with Crippen LogP contribution in [0.1, 0.15) is 46.0 Å². The lowest BCUT2D eigenvalue weighted by molar-refractivity contribution is 0.286. The van der Waals surface area contributed by atoms with E-state index < -0.39 is 0 Å². The number of rotatable bonds is 2. The van der Waals surface area contributed by atoms with Gasteiger partial charge in [-0.2, -0.15) is 0 Å². The van der Waals surface area contributed by atoms with Gasteiger partial charge in [-0.1, -0.05) is 39.5 Å². The van der Waals surface area contributed by atoms with E-state index in [4.69, 9.17) is 0 Å². The van der Waals surface area contributed by atoms with Crippen LogP contribution in [0.2, 0.25) is 0 Å². The van der Waals surface area contributed by atoms with Gasteiger partial charge in [0.05, 0.1) is 0 Å². The van der Waals surface area contributed by atoms with Gasteiger partial charge in [0, 0.05) is 0 Å². The van der Waals surface area contributed by atoms with Crippen molar-refractivity contribution in [2.45, 2.75) is 46.0 Å². The third-order valence-corrected chi connectivity index (χ3v) is 2.87. The standard InChI is InChI=1S/C10H19/c1-3-9-6-5-7-10(4-2)8-9/h3,9-10H,4-8H2,1-2H3. The summed E-state index contributed by atoms with van der Waals surface area (Å²) < 4.78 is 0. The van der Waals surface area contributed by atoms with Gasteiger partial charge in [-0.05, 0) is 24.7 Å². The normalized spacial score (nSPS) is 34.2. The zero-order chi connectivity index (χ0) is 7.40. The minimum Gasteiger partial charge on any atom is -0.0651 e. The summed E-state index contributed by atoms with van der Waals surface area (Å²) >= 11 is 0. The topological polar surface area (TPSA) is 0 Å². The molecule has 0 saturated heterocycles. The summed E-state index contributed by atoms with van der Waals surface area (Å²) in [5, 5.41) is 0. The van der Waals surface area contributed by atoms with Gasteiger partial charge in [0.2, 0.25) is 0 Å². The van der Waals surface area contributed by atoms with Crippen LogP contribution in [0.15, 0.2) is 0 Å². The van der Waals surface area contributed by atoms with Crippen molar-refractivity contribution in [1.29, 1.82) is 0 Å². The molecule has 1 aliphatic carbocycles. The van der Waals surface area contributed by atoms with Crippen molar-refractivity contribution in [1.82, 2.24) is 0 Å². The number of hydrogen-bond donors (Lipinski definition) is 0. The summed E-state index contributed by atoms with van der Waals surface area (Å²) in [5.41, 5.74) is 0. The molecular formula is C10H19. The van der Waals surface area contributed by atoms with Crippen LogP contribution in [0.4, 0.5) is 0 Å². The average molecular weight is 139 g/mol. The Labute approximate surface area is 65.0 Å². The van der Waals surface area contributed by atoms with E-state index in [9.17, 15) is 0 Å². The van der Waals surface area contributed by atoms with Crippen molar-refractivity contribution >= 4 is 0 Å². The Bertz CT molecular complexity index is 76.0. The van der Waals surface area contributed by atoms with Crippen molar-refractivity contribution in [2.24, 2.45) is 11.8 Å². The second-order valence-electron chi connectivity index (χ2n) is 3.53. The molecule has 0 nitrogen and oxygen atoms in total. The van der Waals surface area contributed by atoms with Gasteiger partial charge in [0.25, 0.3) is 0 Å². The molecule has 1 saturated carbocycles. The maximum atomic E-state index is 2.39. The van der Waals surface area contributed by atoms with Crippen LogP contribution < -0.4 is 0 Å². The molecule has 0 amide bonds. The van der Waals surface area contributed by atoms with Crippen molar-refractivity contribution < 1.29 is 0 Å². The lowest BCUT2D eigenvalue weighted by Gasteiger charge is -2.27. The molecule has 10 heavy (non-hydrogen) atoms. The Morgan fingerprint density at radius 2 is 2.20 bits per heavy atom. The van der Waals surface area contributed by atoms with E-state index in [0.29, 0.717) is 0 Å². The lowest BCUT2D eigenvalue weighted by atomic mass is 9.79. The first-order valence-electron chi connectivity index (χ1n) is 4.66. The van der Waals surface area contributed by atoms with Crippen LogP contribution in [-0.4, -0.2) is 0 Å². The predicted molar refractivity (Wildman–Crippen MR) is 45.7 cm³/mol. The Kier molecular flexibility index (Phi) is 3.24. The molecule has 1 rings (SSSR count). The van der Waals surface area contributed by atoms with E-state index in [2.05, 4.69) is 20.3 Å². The highest BCUT2D eigenvalue weighted by atomic mass is 14.2. The third-order valence-electron chi connectivity index (χ3n) is 2.87. The molecule has 0 bridgehead atoms. The minimum absolute atomic E-state index is 0.943. The van der Waals surface area contributed by atoms with Crippen molar-refractivity contribution in [3.8, 4) is 0 Å². The first-order chi connectivity index (χ1) is 4.86. The Hall–Kier alpha value is 0. The monoisotopic (exact) mass is 139 g/mol. The molecule has 2 atom stereocenters. The predicted octanol–water partition coefficient (Wildman–Crippen LogP) is 3.43. The second-order valence-corrected chi connectivity index (χ2v) is 3.53. The largest absolute Gasteiger partial charge is 0.0651 e. The van der Waals surface area contributed by atoms with Gasteiger partial charge in [-0.15, -0.1) is 0 Å².